The average molecular weight is 214 g/mol. The van der Waals surface area contributed by atoms with Crippen LogP contribution in [0.5, 0.6) is 0 Å². The van der Waals surface area contributed by atoms with Crippen molar-refractivity contribution in [2.45, 2.75) is 45.8 Å². The first-order chi connectivity index (χ1) is 7.88. The fourth-order valence-electron chi connectivity index (χ4n) is 2.24. The molecule has 0 aromatic carbocycles. The molecule has 0 saturated heterocycles. The van der Waals surface area contributed by atoms with Gasteiger partial charge in [0.2, 0.25) is 0 Å². The molecule has 1 rings (SSSR count). The Balaban J connectivity index is 2.72. The molecule has 0 amide bonds. The molecule has 86 valence electrons. The molecule has 0 aliphatic heterocycles. The third-order valence-electron chi connectivity index (χ3n) is 3.04. The Morgan fingerprint density at radius 3 is 2.25 bits per heavy atom. The van der Waals surface area contributed by atoms with E-state index in [1.54, 1.807) is 5.47 Å². The summed E-state index contributed by atoms with van der Waals surface area (Å²) < 4.78 is 0. The van der Waals surface area contributed by atoms with Gasteiger partial charge in [-0.3, -0.25) is 0 Å². The first-order valence-corrected chi connectivity index (χ1v) is 6.57. The molecule has 16 heavy (non-hydrogen) atoms. The van der Waals surface area contributed by atoms with Gasteiger partial charge in [0, 0.05) is 0 Å². The molecule has 0 aromatic heterocycles. The minimum Gasteiger partial charge on any atom is -0.0974 e. The van der Waals surface area contributed by atoms with Crippen LogP contribution in [0.3, 0.4) is 0 Å². The normalized spacial score (nSPS) is 24.5. The van der Waals surface area contributed by atoms with Crippen molar-refractivity contribution in [1.29, 1.82) is 0 Å². The first-order valence-electron chi connectivity index (χ1n) is 6.57. The van der Waals surface area contributed by atoms with Crippen LogP contribution in [0.2, 0.25) is 12.6 Å². The van der Waals surface area contributed by atoms with Gasteiger partial charge in [-0.25, -0.2) is 0 Å². The van der Waals surface area contributed by atoms with Crippen LogP contribution in [-0.2, 0) is 0 Å². The molecule has 0 bridgehead atoms. The standard InChI is InChI=1S/C15H23B/c1-3-13-16(14-4-2)15-11-9-7-5-6-8-10-12-15/h5-11H,3-4,12-14H2,1-2H3/b6-5-,9-7-,10-8-,15-11+. The van der Waals surface area contributed by atoms with Gasteiger partial charge in [-0.2, -0.15) is 0 Å². The highest BCUT2D eigenvalue weighted by Crippen LogP contribution is 2.19. The molecule has 1 aliphatic rings. The predicted octanol–water partition coefficient (Wildman–Crippen LogP) is 4.84. The fraction of sp³-hybridized carbons (Fsp3) is 0.467. The third-order valence-corrected chi connectivity index (χ3v) is 3.04. The van der Waals surface area contributed by atoms with Crippen LogP contribution < -0.4 is 0 Å². The summed E-state index contributed by atoms with van der Waals surface area (Å²) in [7, 11) is 0. The lowest BCUT2D eigenvalue weighted by molar-refractivity contribution is 1.00. The van der Waals surface area contributed by atoms with Gasteiger partial charge in [0.1, 0.15) is 0 Å². The van der Waals surface area contributed by atoms with Crippen molar-refractivity contribution >= 4 is 6.71 Å². The van der Waals surface area contributed by atoms with Crippen LogP contribution in [0.4, 0.5) is 0 Å². The molecule has 0 aromatic rings. The summed E-state index contributed by atoms with van der Waals surface area (Å²) in [6.07, 6.45) is 21.6. The number of hydrogen-bond acceptors (Lipinski definition) is 0. The molecule has 0 atom stereocenters. The minimum absolute atomic E-state index is 0.780. The highest BCUT2D eigenvalue weighted by molar-refractivity contribution is 6.66. The summed E-state index contributed by atoms with van der Waals surface area (Å²) in [6.45, 7) is 5.35. The van der Waals surface area contributed by atoms with Gasteiger partial charge in [0.25, 0.3) is 0 Å². The maximum Gasteiger partial charge on any atom is 0.170 e. The van der Waals surface area contributed by atoms with Crippen molar-refractivity contribution in [3.8, 4) is 0 Å². The number of rotatable bonds is 5. The molecular weight excluding hydrogens is 191 g/mol. The Hall–Kier alpha value is -0.975. The summed E-state index contributed by atoms with van der Waals surface area (Å²) in [5, 5.41) is 0. The van der Waals surface area contributed by atoms with Gasteiger partial charge in [-0.05, 0) is 6.42 Å². The van der Waals surface area contributed by atoms with E-state index in [2.05, 4.69) is 56.4 Å². The van der Waals surface area contributed by atoms with Gasteiger partial charge >= 0.3 is 0 Å². The van der Waals surface area contributed by atoms with Crippen LogP contribution in [-0.4, -0.2) is 6.71 Å². The summed E-state index contributed by atoms with van der Waals surface area (Å²) in [6, 6.07) is 0. The molecular formula is C15H23B. The van der Waals surface area contributed by atoms with E-state index >= 15 is 0 Å². The van der Waals surface area contributed by atoms with Crippen LogP contribution in [0, 0.1) is 0 Å². The van der Waals surface area contributed by atoms with Crippen molar-refractivity contribution in [1.82, 2.24) is 0 Å². The molecule has 0 heterocycles. The van der Waals surface area contributed by atoms with E-state index in [1.807, 2.05) is 0 Å². The van der Waals surface area contributed by atoms with Crippen molar-refractivity contribution in [2.75, 3.05) is 0 Å². The van der Waals surface area contributed by atoms with Crippen LogP contribution >= 0.6 is 0 Å². The molecule has 0 unspecified atom stereocenters. The van der Waals surface area contributed by atoms with Crippen molar-refractivity contribution in [3.63, 3.8) is 0 Å². The summed E-state index contributed by atoms with van der Waals surface area (Å²) >= 11 is 0. The van der Waals surface area contributed by atoms with E-state index in [0.717, 1.165) is 13.1 Å². The topological polar surface area (TPSA) is 0 Å². The zero-order valence-electron chi connectivity index (χ0n) is 10.7. The van der Waals surface area contributed by atoms with E-state index in [0.29, 0.717) is 0 Å². The largest absolute Gasteiger partial charge is 0.170 e. The van der Waals surface area contributed by atoms with Crippen LogP contribution in [0.25, 0.3) is 0 Å². The zero-order chi connectivity index (χ0) is 11.6. The first kappa shape index (κ1) is 13.1. The average Bonchev–Trinajstić information content (AvgIpc) is 2.42. The lowest BCUT2D eigenvalue weighted by atomic mass is 9.38. The van der Waals surface area contributed by atoms with Crippen molar-refractivity contribution in [2.24, 2.45) is 0 Å². The Bertz CT molecular complexity index is 289. The maximum atomic E-state index is 2.32. The third kappa shape index (κ3) is 4.70. The monoisotopic (exact) mass is 214 g/mol. The van der Waals surface area contributed by atoms with Crippen LogP contribution in [0.15, 0.2) is 48.0 Å². The highest BCUT2D eigenvalue weighted by Gasteiger charge is 2.15. The number of allylic oxidation sites excluding steroid dienone is 8. The van der Waals surface area contributed by atoms with E-state index in [-0.39, 0.29) is 0 Å². The SMILES string of the molecule is CCCB(CCC)/C1=C/C=C\C=C/C=C\C1. The zero-order valence-corrected chi connectivity index (χ0v) is 10.7. The molecule has 0 fully saturated rings. The van der Waals surface area contributed by atoms with Crippen molar-refractivity contribution in [3.05, 3.63) is 48.0 Å². The number of hydrogen-bond donors (Lipinski definition) is 0. The lowest BCUT2D eigenvalue weighted by Crippen LogP contribution is -2.15. The van der Waals surface area contributed by atoms with E-state index < -0.39 is 0 Å². The lowest BCUT2D eigenvalue weighted by Gasteiger charge is -2.14. The smallest absolute Gasteiger partial charge is 0.0974 e. The summed E-state index contributed by atoms with van der Waals surface area (Å²) in [5.41, 5.74) is 1.60. The Kier molecular flexibility index (Phi) is 6.72. The van der Waals surface area contributed by atoms with Crippen LogP contribution in [0.1, 0.15) is 33.1 Å². The molecule has 0 nitrogen and oxygen atoms in total. The summed E-state index contributed by atoms with van der Waals surface area (Å²) in [4.78, 5) is 0. The van der Waals surface area contributed by atoms with E-state index in [1.165, 1.54) is 25.5 Å². The van der Waals surface area contributed by atoms with Crippen molar-refractivity contribution < 1.29 is 0 Å². The second-order valence-electron chi connectivity index (χ2n) is 4.42. The van der Waals surface area contributed by atoms with Gasteiger partial charge < -0.3 is 0 Å². The molecule has 0 saturated carbocycles. The molecule has 1 heteroatoms. The maximum absolute atomic E-state index is 2.32. The molecule has 1 aliphatic carbocycles. The molecule has 0 spiro atoms. The Morgan fingerprint density at radius 1 is 0.938 bits per heavy atom. The summed E-state index contributed by atoms with van der Waals surface area (Å²) in [5.74, 6) is 0. The Labute approximate surface area is 101 Å². The Morgan fingerprint density at radius 2 is 1.56 bits per heavy atom. The van der Waals surface area contributed by atoms with E-state index in [4.69, 9.17) is 0 Å². The minimum atomic E-state index is 0.780. The highest BCUT2D eigenvalue weighted by atomic mass is 13.9. The van der Waals surface area contributed by atoms with Gasteiger partial charge in [0.15, 0.2) is 6.71 Å². The van der Waals surface area contributed by atoms with Gasteiger partial charge in [0.05, 0.1) is 0 Å². The second kappa shape index (κ2) is 8.21. The molecule has 0 N–H and O–H groups in total. The van der Waals surface area contributed by atoms with E-state index in [9.17, 15) is 0 Å². The second-order valence-corrected chi connectivity index (χ2v) is 4.42. The van der Waals surface area contributed by atoms with Gasteiger partial charge in [-0.15, -0.1) is 0 Å². The van der Waals surface area contributed by atoms with Gasteiger partial charge in [-0.1, -0.05) is 87.3 Å². The quantitative estimate of drug-likeness (QED) is 0.574. The fourth-order valence-corrected chi connectivity index (χ4v) is 2.24. The predicted molar refractivity (Wildman–Crippen MR) is 76.1 cm³/mol. The molecule has 0 radical (unpaired) electrons.